The number of sulfonamides is 1. The second-order valence-corrected chi connectivity index (χ2v) is 10.5. The summed E-state index contributed by atoms with van der Waals surface area (Å²) in [6, 6.07) is 8.34. The number of thiazole rings is 1. The van der Waals surface area contributed by atoms with E-state index >= 15 is 0 Å². The molecule has 8 heteroatoms. The van der Waals surface area contributed by atoms with Gasteiger partial charge in [0.1, 0.15) is 0 Å². The molecule has 2 aliphatic carbocycles. The lowest BCUT2D eigenvalue weighted by Gasteiger charge is -2.28. The molecule has 0 aliphatic heterocycles. The number of anilines is 1. The maximum absolute atomic E-state index is 12.4. The maximum atomic E-state index is 12.4. The number of rotatable bonds is 7. The molecule has 150 valence electrons. The number of amides is 1. The second-order valence-electron chi connectivity index (χ2n) is 7.93. The monoisotopic (exact) mass is 419 g/mol. The van der Waals surface area contributed by atoms with Gasteiger partial charge >= 0.3 is 0 Å². The number of nitrogens with one attached hydrogen (secondary N) is 2. The molecule has 2 aliphatic rings. The zero-order valence-corrected chi connectivity index (χ0v) is 17.4. The lowest BCUT2D eigenvalue weighted by atomic mass is 9.84. The average molecular weight is 420 g/mol. The molecule has 4 rings (SSSR count). The third-order valence-corrected chi connectivity index (χ3v) is 8.28. The van der Waals surface area contributed by atoms with Crippen LogP contribution in [0.25, 0.3) is 0 Å². The number of nitrogens with zero attached hydrogens (tertiary/aromatic N) is 1. The van der Waals surface area contributed by atoms with E-state index in [1.54, 1.807) is 23.6 Å². The summed E-state index contributed by atoms with van der Waals surface area (Å²) in [5.41, 5.74) is 0.577. The van der Waals surface area contributed by atoms with Crippen molar-refractivity contribution in [1.82, 2.24) is 10.3 Å². The Hall–Kier alpha value is -1.93. The summed E-state index contributed by atoms with van der Waals surface area (Å²) in [4.78, 5) is 16.9. The Morgan fingerprint density at radius 3 is 2.71 bits per heavy atom. The fourth-order valence-electron chi connectivity index (χ4n) is 4.69. The van der Waals surface area contributed by atoms with E-state index in [1.807, 2.05) is 0 Å². The predicted molar refractivity (Wildman–Crippen MR) is 110 cm³/mol. The van der Waals surface area contributed by atoms with Crippen LogP contribution in [0.4, 0.5) is 5.13 Å². The van der Waals surface area contributed by atoms with Crippen LogP contribution in [-0.4, -0.2) is 25.4 Å². The normalized spacial score (nSPS) is 24.8. The smallest absolute Gasteiger partial charge is 0.263 e. The van der Waals surface area contributed by atoms with E-state index in [9.17, 15) is 13.2 Å². The third-order valence-electron chi connectivity index (χ3n) is 5.99. The van der Waals surface area contributed by atoms with E-state index in [1.165, 1.54) is 49.2 Å². The van der Waals surface area contributed by atoms with Crippen LogP contribution in [0, 0.1) is 17.8 Å². The minimum absolute atomic E-state index is 0.0574. The first-order valence-electron chi connectivity index (χ1n) is 9.72. The number of carbonyl (C=O) groups is 1. The molecule has 1 aromatic carbocycles. The number of hydrogen-bond acceptors (Lipinski definition) is 5. The first-order valence-corrected chi connectivity index (χ1v) is 12.1. The molecule has 4 unspecified atom stereocenters. The topological polar surface area (TPSA) is 88.2 Å². The van der Waals surface area contributed by atoms with Gasteiger partial charge in [-0.2, -0.15) is 0 Å². The van der Waals surface area contributed by atoms with Crippen LogP contribution in [0.15, 0.2) is 40.6 Å². The van der Waals surface area contributed by atoms with Crippen LogP contribution in [-0.2, 0) is 21.2 Å². The Balaban J connectivity index is 1.32. The summed E-state index contributed by atoms with van der Waals surface area (Å²) in [6.07, 6.45) is 5.36. The van der Waals surface area contributed by atoms with Crippen LogP contribution in [0.5, 0.6) is 0 Å². The van der Waals surface area contributed by atoms with Crippen molar-refractivity contribution in [2.75, 3.05) is 4.72 Å². The Bertz CT molecular complexity index is 943. The molecule has 2 saturated carbocycles. The van der Waals surface area contributed by atoms with Gasteiger partial charge in [0, 0.05) is 11.4 Å². The van der Waals surface area contributed by atoms with Crippen molar-refractivity contribution in [2.45, 2.75) is 50.0 Å². The fourth-order valence-corrected chi connectivity index (χ4v) is 6.68. The number of aromatic nitrogens is 1. The molecule has 1 heterocycles. The number of carbonyl (C=O) groups excluding carboxylic acids is 1. The molecule has 2 bridgehead atoms. The number of fused-ring (bicyclic) bond motifs is 2. The largest absolute Gasteiger partial charge is 0.353 e. The van der Waals surface area contributed by atoms with Crippen molar-refractivity contribution in [1.29, 1.82) is 0 Å². The van der Waals surface area contributed by atoms with Gasteiger partial charge in [-0.05, 0) is 56.1 Å². The van der Waals surface area contributed by atoms with Crippen molar-refractivity contribution in [2.24, 2.45) is 17.8 Å². The highest BCUT2D eigenvalue weighted by Gasteiger charge is 2.42. The zero-order valence-electron chi connectivity index (χ0n) is 15.8. The Labute approximate surface area is 169 Å². The first kappa shape index (κ1) is 19.4. The second kappa shape index (κ2) is 7.83. The standard InChI is InChI=1S/C20H25N3O3S2/c1-13(18-10-14-7-8-15(18)9-14)21-19(24)11-16-12-27-20(22-16)23-28(25,26)17-5-3-2-4-6-17/h2-6,12-15,18H,7-11H2,1H3,(H,21,24)(H,22,23). The maximum Gasteiger partial charge on any atom is 0.263 e. The molecule has 4 atom stereocenters. The molecule has 0 saturated heterocycles. The predicted octanol–water partition coefficient (Wildman–Crippen LogP) is 3.43. The van der Waals surface area contributed by atoms with Gasteiger partial charge in [0.2, 0.25) is 5.91 Å². The first-order chi connectivity index (χ1) is 13.4. The number of benzene rings is 1. The molecule has 1 amide bonds. The molecule has 28 heavy (non-hydrogen) atoms. The Morgan fingerprint density at radius 1 is 1.25 bits per heavy atom. The molecule has 1 aromatic heterocycles. The van der Waals surface area contributed by atoms with Gasteiger partial charge in [0.15, 0.2) is 5.13 Å². The lowest BCUT2D eigenvalue weighted by Crippen LogP contribution is -2.40. The average Bonchev–Trinajstić information content (AvgIpc) is 3.39. The van der Waals surface area contributed by atoms with Gasteiger partial charge in [0.05, 0.1) is 17.0 Å². The van der Waals surface area contributed by atoms with Crippen molar-refractivity contribution < 1.29 is 13.2 Å². The van der Waals surface area contributed by atoms with Crippen LogP contribution in [0.1, 0.15) is 38.3 Å². The van der Waals surface area contributed by atoms with E-state index < -0.39 is 10.0 Å². The van der Waals surface area contributed by atoms with Crippen LogP contribution in [0.3, 0.4) is 0 Å². The zero-order chi connectivity index (χ0) is 19.7. The summed E-state index contributed by atoms with van der Waals surface area (Å²) in [6.45, 7) is 2.10. The van der Waals surface area contributed by atoms with Crippen LogP contribution < -0.4 is 10.0 Å². The molecule has 0 radical (unpaired) electrons. The van der Waals surface area contributed by atoms with Crippen molar-refractivity contribution >= 4 is 32.4 Å². The summed E-state index contributed by atoms with van der Waals surface area (Å²) < 4.78 is 27.2. The summed E-state index contributed by atoms with van der Waals surface area (Å²) in [7, 11) is -3.67. The highest BCUT2D eigenvalue weighted by Crippen LogP contribution is 2.49. The Kier molecular flexibility index (Phi) is 5.42. The molecular weight excluding hydrogens is 394 g/mol. The van der Waals surface area contributed by atoms with Gasteiger partial charge in [-0.1, -0.05) is 24.6 Å². The van der Waals surface area contributed by atoms with Crippen molar-refractivity contribution in [3.05, 3.63) is 41.4 Å². The summed E-state index contributed by atoms with van der Waals surface area (Å²) in [5.74, 6) is 2.15. The number of hydrogen-bond donors (Lipinski definition) is 2. The van der Waals surface area contributed by atoms with E-state index in [0.717, 1.165) is 11.8 Å². The lowest BCUT2D eigenvalue weighted by molar-refractivity contribution is -0.121. The molecule has 2 N–H and O–H groups in total. The van der Waals surface area contributed by atoms with Gasteiger partial charge in [-0.3, -0.25) is 9.52 Å². The van der Waals surface area contributed by atoms with E-state index in [2.05, 4.69) is 21.9 Å². The summed E-state index contributed by atoms with van der Waals surface area (Å²) in [5, 5.41) is 5.12. The molecule has 2 fully saturated rings. The van der Waals surface area contributed by atoms with E-state index in [-0.39, 0.29) is 28.4 Å². The highest BCUT2D eigenvalue weighted by atomic mass is 32.2. The minimum Gasteiger partial charge on any atom is -0.353 e. The van der Waals surface area contributed by atoms with E-state index in [0.29, 0.717) is 11.6 Å². The molecular formula is C20H25N3O3S2. The fraction of sp³-hybridized carbons (Fsp3) is 0.500. The quantitative estimate of drug-likeness (QED) is 0.720. The highest BCUT2D eigenvalue weighted by molar-refractivity contribution is 7.93. The summed E-state index contributed by atoms with van der Waals surface area (Å²) >= 11 is 1.19. The van der Waals surface area contributed by atoms with Gasteiger partial charge in [-0.25, -0.2) is 13.4 Å². The van der Waals surface area contributed by atoms with Crippen molar-refractivity contribution in [3.63, 3.8) is 0 Å². The minimum atomic E-state index is -3.67. The van der Waals surface area contributed by atoms with E-state index in [4.69, 9.17) is 0 Å². The van der Waals surface area contributed by atoms with Crippen LogP contribution >= 0.6 is 11.3 Å². The SMILES string of the molecule is CC(NC(=O)Cc1csc(NS(=O)(=O)c2ccccc2)n1)C1CC2CCC1C2. The molecule has 0 spiro atoms. The van der Waals surface area contributed by atoms with Gasteiger partial charge in [-0.15, -0.1) is 11.3 Å². The third kappa shape index (κ3) is 4.22. The molecule has 6 nitrogen and oxygen atoms in total. The van der Waals surface area contributed by atoms with Gasteiger partial charge < -0.3 is 5.32 Å². The molecule has 2 aromatic rings. The van der Waals surface area contributed by atoms with Gasteiger partial charge in [0.25, 0.3) is 10.0 Å². The van der Waals surface area contributed by atoms with Crippen LogP contribution in [0.2, 0.25) is 0 Å². The van der Waals surface area contributed by atoms with Crippen molar-refractivity contribution in [3.8, 4) is 0 Å². The Morgan fingerprint density at radius 2 is 2.04 bits per heavy atom.